The number of piperidine rings is 1. The van der Waals surface area contributed by atoms with Gasteiger partial charge in [-0.15, -0.1) is 0 Å². The quantitative estimate of drug-likeness (QED) is 0.845. The number of amides is 1. The maximum atomic E-state index is 13.3. The van der Waals surface area contributed by atoms with E-state index < -0.39 is 0 Å². The van der Waals surface area contributed by atoms with Crippen molar-refractivity contribution in [2.24, 2.45) is 5.92 Å². The molecule has 2 aliphatic heterocycles. The summed E-state index contributed by atoms with van der Waals surface area (Å²) in [5, 5.41) is 3.09. The van der Waals surface area contributed by atoms with E-state index in [0.717, 1.165) is 64.3 Å². The van der Waals surface area contributed by atoms with Crippen LogP contribution in [0.15, 0.2) is 24.3 Å². The van der Waals surface area contributed by atoms with Crippen molar-refractivity contribution in [3.8, 4) is 0 Å². The second-order valence-corrected chi connectivity index (χ2v) is 6.95. The molecule has 1 unspecified atom stereocenters. The fraction of sp³-hybridized carbons (Fsp3) is 0.632. The van der Waals surface area contributed by atoms with Gasteiger partial charge in [0.2, 0.25) is 5.91 Å². The zero-order chi connectivity index (χ0) is 17.5. The first kappa shape index (κ1) is 18.3. The lowest BCUT2D eigenvalue weighted by molar-refractivity contribution is -0.126. The highest BCUT2D eigenvalue weighted by Crippen LogP contribution is 2.19. The van der Waals surface area contributed by atoms with E-state index in [1.54, 1.807) is 12.1 Å². The Kier molecular flexibility index (Phi) is 6.78. The Bertz CT molecular complexity index is 563. The molecule has 0 aliphatic carbocycles. The summed E-state index contributed by atoms with van der Waals surface area (Å²) in [4.78, 5) is 17.0. The first-order chi connectivity index (χ1) is 12.2. The van der Waals surface area contributed by atoms with Crippen molar-refractivity contribution in [2.75, 3.05) is 52.5 Å². The molecule has 0 aromatic heterocycles. The molecule has 25 heavy (non-hydrogen) atoms. The van der Waals surface area contributed by atoms with E-state index in [0.29, 0.717) is 13.1 Å². The summed E-state index contributed by atoms with van der Waals surface area (Å²) in [7, 11) is 0. The van der Waals surface area contributed by atoms with Gasteiger partial charge < -0.3 is 10.1 Å². The lowest BCUT2D eigenvalue weighted by Crippen LogP contribution is -2.45. The van der Waals surface area contributed by atoms with Crippen LogP contribution < -0.4 is 5.32 Å². The Morgan fingerprint density at radius 1 is 1.24 bits per heavy atom. The molecule has 2 saturated heterocycles. The molecular weight excluding hydrogens is 321 g/mol. The van der Waals surface area contributed by atoms with Gasteiger partial charge in [0.05, 0.1) is 19.1 Å². The molecule has 0 spiro atoms. The lowest BCUT2D eigenvalue weighted by atomic mass is 9.96. The number of rotatable bonds is 6. The highest BCUT2D eigenvalue weighted by Gasteiger charge is 2.25. The fourth-order valence-corrected chi connectivity index (χ4v) is 3.61. The van der Waals surface area contributed by atoms with Gasteiger partial charge in [0, 0.05) is 39.3 Å². The summed E-state index contributed by atoms with van der Waals surface area (Å²) >= 11 is 0. The predicted octanol–water partition coefficient (Wildman–Crippen LogP) is 1.49. The standard InChI is InChI=1S/C19H28FN3O2/c20-18-5-1-3-16(13-18)14-23-7-2-4-17(15-23)19(24)21-6-8-22-9-11-25-12-10-22/h1,3,5,13,17H,2,4,6-12,14-15H2,(H,21,24). The van der Waals surface area contributed by atoms with Crippen LogP contribution in [0.4, 0.5) is 4.39 Å². The van der Waals surface area contributed by atoms with Crippen LogP contribution in [-0.4, -0.2) is 68.2 Å². The number of carbonyl (C=O) groups is 1. The number of hydrogen-bond acceptors (Lipinski definition) is 4. The summed E-state index contributed by atoms with van der Waals surface area (Å²) < 4.78 is 18.7. The van der Waals surface area contributed by atoms with E-state index in [-0.39, 0.29) is 17.6 Å². The Morgan fingerprint density at radius 2 is 2.08 bits per heavy atom. The zero-order valence-corrected chi connectivity index (χ0v) is 14.8. The van der Waals surface area contributed by atoms with Crippen molar-refractivity contribution in [2.45, 2.75) is 19.4 Å². The number of morpholine rings is 1. The number of carbonyl (C=O) groups excluding carboxylic acids is 1. The third-order valence-corrected chi connectivity index (χ3v) is 5.00. The van der Waals surface area contributed by atoms with Crippen LogP contribution in [0.5, 0.6) is 0 Å². The van der Waals surface area contributed by atoms with Gasteiger partial charge in [-0.05, 0) is 37.1 Å². The Morgan fingerprint density at radius 3 is 2.88 bits per heavy atom. The van der Waals surface area contributed by atoms with Crippen LogP contribution >= 0.6 is 0 Å². The van der Waals surface area contributed by atoms with Gasteiger partial charge in [-0.25, -0.2) is 4.39 Å². The van der Waals surface area contributed by atoms with Gasteiger partial charge >= 0.3 is 0 Å². The van der Waals surface area contributed by atoms with Gasteiger partial charge in [-0.3, -0.25) is 14.6 Å². The highest BCUT2D eigenvalue weighted by molar-refractivity contribution is 5.78. The maximum absolute atomic E-state index is 13.3. The second-order valence-electron chi connectivity index (χ2n) is 6.95. The minimum Gasteiger partial charge on any atom is -0.379 e. The molecule has 5 nitrogen and oxygen atoms in total. The smallest absolute Gasteiger partial charge is 0.224 e. The number of halogens is 1. The van der Waals surface area contributed by atoms with Gasteiger partial charge in [0.1, 0.15) is 5.82 Å². The number of likely N-dealkylation sites (tertiary alicyclic amines) is 1. The average Bonchev–Trinajstić information content (AvgIpc) is 2.63. The molecule has 1 aromatic carbocycles. The SMILES string of the molecule is O=C(NCCN1CCOCC1)C1CCCN(Cc2cccc(F)c2)C1. The van der Waals surface area contributed by atoms with Gasteiger partial charge in [0.25, 0.3) is 0 Å². The molecular formula is C19H28FN3O2. The maximum Gasteiger partial charge on any atom is 0.224 e. The van der Waals surface area contributed by atoms with Crippen molar-refractivity contribution in [3.05, 3.63) is 35.6 Å². The van der Waals surface area contributed by atoms with Crippen molar-refractivity contribution in [1.29, 1.82) is 0 Å². The van der Waals surface area contributed by atoms with Crippen LogP contribution in [0.2, 0.25) is 0 Å². The van der Waals surface area contributed by atoms with Gasteiger partial charge in [0.15, 0.2) is 0 Å². The van der Waals surface area contributed by atoms with E-state index in [1.165, 1.54) is 6.07 Å². The van der Waals surface area contributed by atoms with Gasteiger partial charge in [-0.2, -0.15) is 0 Å². The summed E-state index contributed by atoms with van der Waals surface area (Å²) in [6.07, 6.45) is 1.94. The monoisotopic (exact) mass is 349 g/mol. The Hall–Kier alpha value is -1.50. The average molecular weight is 349 g/mol. The van der Waals surface area contributed by atoms with Gasteiger partial charge in [-0.1, -0.05) is 12.1 Å². The van der Waals surface area contributed by atoms with Crippen molar-refractivity contribution >= 4 is 5.91 Å². The normalized spacial score (nSPS) is 22.7. The van der Waals surface area contributed by atoms with Crippen LogP contribution in [0.25, 0.3) is 0 Å². The summed E-state index contributed by atoms with van der Waals surface area (Å²) in [6, 6.07) is 6.72. The molecule has 2 fully saturated rings. The molecule has 0 saturated carbocycles. The van der Waals surface area contributed by atoms with Crippen LogP contribution in [-0.2, 0) is 16.1 Å². The van der Waals surface area contributed by atoms with Crippen molar-refractivity contribution in [1.82, 2.24) is 15.1 Å². The van der Waals surface area contributed by atoms with Crippen LogP contribution in [0.3, 0.4) is 0 Å². The third-order valence-electron chi connectivity index (χ3n) is 5.00. The van der Waals surface area contributed by atoms with Crippen molar-refractivity contribution < 1.29 is 13.9 Å². The molecule has 1 N–H and O–H groups in total. The van der Waals surface area contributed by atoms with E-state index in [1.807, 2.05) is 6.07 Å². The molecule has 1 aromatic rings. The third kappa shape index (κ3) is 5.76. The van der Waals surface area contributed by atoms with E-state index in [2.05, 4.69) is 15.1 Å². The molecule has 1 amide bonds. The van der Waals surface area contributed by atoms with E-state index in [4.69, 9.17) is 4.74 Å². The molecule has 6 heteroatoms. The Balaban J connectivity index is 1.41. The van der Waals surface area contributed by atoms with E-state index in [9.17, 15) is 9.18 Å². The summed E-state index contributed by atoms with van der Waals surface area (Å²) in [6.45, 7) is 7.45. The number of hydrogen-bond donors (Lipinski definition) is 1. The Labute approximate surface area is 149 Å². The topological polar surface area (TPSA) is 44.8 Å². The number of ether oxygens (including phenoxy) is 1. The molecule has 1 atom stereocenters. The zero-order valence-electron chi connectivity index (χ0n) is 14.8. The van der Waals surface area contributed by atoms with Crippen LogP contribution in [0, 0.1) is 11.7 Å². The minimum absolute atomic E-state index is 0.0343. The molecule has 2 aliphatic rings. The predicted molar refractivity (Wildman–Crippen MR) is 94.7 cm³/mol. The molecule has 0 bridgehead atoms. The molecule has 0 radical (unpaired) electrons. The molecule has 138 valence electrons. The first-order valence-electron chi connectivity index (χ1n) is 9.25. The van der Waals surface area contributed by atoms with E-state index >= 15 is 0 Å². The van der Waals surface area contributed by atoms with Crippen LogP contribution in [0.1, 0.15) is 18.4 Å². The van der Waals surface area contributed by atoms with Crippen molar-refractivity contribution in [3.63, 3.8) is 0 Å². The number of benzene rings is 1. The molecule has 3 rings (SSSR count). The number of nitrogens with zero attached hydrogens (tertiary/aromatic N) is 2. The minimum atomic E-state index is -0.202. The largest absolute Gasteiger partial charge is 0.379 e. The number of nitrogens with one attached hydrogen (secondary N) is 1. The second kappa shape index (κ2) is 9.27. The lowest BCUT2D eigenvalue weighted by Gasteiger charge is -2.32. The molecule has 2 heterocycles. The summed E-state index contributed by atoms with van der Waals surface area (Å²) in [5.74, 6) is -0.0175. The summed E-state index contributed by atoms with van der Waals surface area (Å²) in [5.41, 5.74) is 0.966. The first-order valence-corrected chi connectivity index (χ1v) is 9.25. The fourth-order valence-electron chi connectivity index (χ4n) is 3.61. The highest BCUT2D eigenvalue weighted by atomic mass is 19.1.